The third kappa shape index (κ3) is 9.65. The Bertz CT molecular complexity index is 904. The topological polar surface area (TPSA) is 52.7 Å². The molecule has 186 valence electrons. The lowest BCUT2D eigenvalue weighted by atomic mass is 10.1. The van der Waals surface area contributed by atoms with Gasteiger partial charge >= 0.3 is 0 Å². The smallest absolute Gasteiger partial charge is 0.253 e. The van der Waals surface area contributed by atoms with Crippen LogP contribution in [-0.4, -0.2) is 60.4 Å². The molecule has 0 heterocycles. The highest BCUT2D eigenvalue weighted by molar-refractivity contribution is 6.42. The second-order valence-corrected chi connectivity index (χ2v) is 9.36. The van der Waals surface area contributed by atoms with Crippen molar-refractivity contribution in [3.8, 4) is 0 Å². The minimum Gasteiger partial charge on any atom is -0.354 e. The van der Waals surface area contributed by atoms with E-state index in [1.807, 2.05) is 37.3 Å². The summed E-state index contributed by atoms with van der Waals surface area (Å²) in [7, 11) is 0. The summed E-state index contributed by atoms with van der Waals surface area (Å²) in [6.45, 7) is 10.3. The average molecular weight is 507 g/mol. The molecule has 34 heavy (non-hydrogen) atoms. The molecule has 5 nitrogen and oxygen atoms in total. The van der Waals surface area contributed by atoms with Gasteiger partial charge in [0.25, 0.3) is 5.91 Å². The second kappa shape index (κ2) is 15.0. The highest BCUT2D eigenvalue weighted by Gasteiger charge is 2.19. The van der Waals surface area contributed by atoms with Crippen molar-refractivity contribution >= 4 is 35.0 Å². The zero-order valence-electron chi connectivity index (χ0n) is 20.5. The molecule has 0 saturated carbocycles. The molecule has 0 fully saturated rings. The van der Waals surface area contributed by atoms with E-state index in [0.29, 0.717) is 35.1 Å². The van der Waals surface area contributed by atoms with Crippen LogP contribution in [0.15, 0.2) is 48.5 Å². The molecule has 2 aromatic rings. The van der Waals surface area contributed by atoms with Crippen LogP contribution in [0.1, 0.15) is 56.0 Å². The number of carbonyl (C=O) groups is 2. The van der Waals surface area contributed by atoms with E-state index < -0.39 is 0 Å². The molecule has 0 aliphatic heterocycles. The maximum absolute atomic E-state index is 13.2. The van der Waals surface area contributed by atoms with Crippen LogP contribution in [0, 0.1) is 0 Å². The highest BCUT2D eigenvalue weighted by atomic mass is 35.5. The lowest BCUT2D eigenvalue weighted by Gasteiger charge is -2.24. The van der Waals surface area contributed by atoms with Gasteiger partial charge in [0.05, 0.1) is 10.0 Å². The first-order valence-electron chi connectivity index (χ1n) is 12.1. The van der Waals surface area contributed by atoms with Crippen LogP contribution in [0.5, 0.6) is 0 Å². The van der Waals surface area contributed by atoms with Crippen molar-refractivity contribution in [1.82, 2.24) is 15.1 Å². The molecule has 1 atom stereocenters. The minimum atomic E-state index is -0.158. The van der Waals surface area contributed by atoms with Gasteiger partial charge in [0.1, 0.15) is 0 Å². The Morgan fingerprint density at radius 1 is 0.941 bits per heavy atom. The number of hydrogen-bond donors (Lipinski definition) is 1. The zero-order valence-corrected chi connectivity index (χ0v) is 22.0. The van der Waals surface area contributed by atoms with E-state index in [2.05, 4.69) is 24.1 Å². The monoisotopic (exact) mass is 505 g/mol. The lowest BCUT2D eigenvalue weighted by Crippen LogP contribution is -2.39. The number of nitrogens with zero attached hydrogens (tertiary/aromatic N) is 2. The Morgan fingerprint density at radius 3 is 2.29 bits per heavy atom. The van der Waals surface area contributed by atoms with E-state index in [4.69, 9.17) is 23.2 Å². The Morgan fingerprint density at radius 2 is 1.65 bits per heavy atom. The van der Waals surface area contributed by atoms with E-state index >= 15 is 0 Å². The van der Waals surface area contributed by atoms with Crippen LogP contribution < -0.4 is 5.32 Å². The van der Waals surface area contributed by atoms with Gasteiger partial charge in [-0.15, -0.1) is 0 Å². The zero-order chi connectivity index (χ0) is 24.9. The molecule has 0 spiro atoms. The van der Waals surface area contributed by atoms with Crippen molar-refractivity contribution in [2.45, 2.75) is 52.5 Å². The van der Waals surface area contributed by atoms with Crippen LogP contribution in [0.2, 0.25) is 10.0 Å². The first-order chi connectivity index (χ1) is 16.3. The van der Waals surface area contributed by atoms with Gasteiger partial charge in [0.15, 0.2) is 0 Å². The van der Waals surface area contributed by atoms with Crippen LogP contribution in [0.3, 0.4) is 0 Å². The average Bonchev–Trinajstić information content (AvgIpc) is 2.84. The number of carbonyl (C=O) groups excluding carboxylic acids is 2. The van der Waals surface area contributed by atoms with Gasteiger partial charge in [-0.3, -0.25) is 9.59 Å². The van der Waals surface area contributed by atoms with Gasteiger partial charge < -0.3 is 15.1 Å². The van der Waals surface area contributed by atoms with Crippen LogP contribution in [0.4, 0.5) is 0 Å². The quantitative estimate of drug-likeness (QED) is 0.358. The highest BCUT2D eigenvalue weighted by Crippen LogP contribution is 2.23. The third-order valence-corrected chi connectivity index (χ3v) is 6.73. The molecule has 0 aliphatic rings. The minimum absolute atomic E-state index is 0.0398. The van der Waals surface area contributed by atoms with Gasteiger partial charge in [0, 0.05) is 31.1 Å². The largest absolute Gasteiger partial charge is 0.354 e. The molecule has 1 unspecified atom stereocenters. The van der Waals surface area contributed by atoms with Gasteiger partial charge in [-0.2, -0.15) is 0 Å². The maximum Gasteiger partial charge on any atom is 0.253 e. The Balaban J connectivity index is 1.94. The number of amides is 2. The summed E-state index contributed by atoms with van der Waals surface area (Å²) in [5.74, 6) is -0.198. The lowest BCUT2D eigenvalue weighted by molar-refractivity contribution is -0.121. The molecule has 0 saturated heterocycles. The third-order valence-electron chi connectivity index (χ3n) is 5.99. The van der Waals surface area contributed by atoms with E-state index in [9.17, 15) is 9.59 Å². The first-order valence-corrected chi connectivity index (χ1v) is 12.9. The Kier molecular flexibility index (Phi) is 12.4. The van der Waals surface area contributed by atoms with Gasteiger partial charge in [-0.25, -0.2) is 0 Å². The SMILES string of the molecule is CCN(CC)CCCC(C)NC(=O)CCN(CCc1ccccc1)C(=O)c1ccc(Cl)c(Cl)c1. The molecule has 1 N–H and O–H groups in total. The van der Waals surface area contributed by atoms with Gasteiger partial charge in [-0.1, -0.05) is 67.4 Å². The molecule has 2 aromatic carbocycles. The number of rotatable bonds is 14. The van der Waals surface area contributed by atoms with Crippen molar-refractivity contribution in [3.63, 3.8) is 0 Å². The fourth-order valence-electron chi connectivity index (χ4n) is 3.85. The van der Waals surface area contributed by atoms with Crippen molar-refractivity contribution in [1.29, 1.82) is 0 Å². The molecular weight excluding hydrogens is 469 g/mol. The molecule has 0 bridgehead atoms. The molecular formula is C27H37Cl2N3O2. The van der Waals surface area contributed by atoms with Gasteiger partial charge in [0.2, 0.25) is 5.91 Å². The maximum atomic E-state index is 13.2. The predicted molar refractivity (Wildman–Crippen MR) is 142 cm³/mol. The van der Waals surface area contributed by atoms with E-state index in [1.54, 1.807) is 23.1 Å². The van der Waals surface area contributed by atoms with Crippen LogP contribution >= 0.6 is 23.2 Å². The van der Waals surface area contributed by atoms with Crippen LogP contribution in [-0.2, 0) is 11.2 Å². The summed E-state index contributed by atoms with van der Waals surface area (Å²) in [6, 6.07) is 15.0. The molecule has 0 aromatic heterocycles. The molecule has 2 rings (SSSR count). The second-order valence-electron chi connectivity index (χ2n) is 8.54. The van der Waals surface area contributed by atoms with Crippen molar-refractivity contribution in [2.24, 2.45) is 0 Å². The first kappa shape index (κ1) is 28.2. The fourth-order valence-corrected chi connectivity index (χ4v) is 4.15. The van der Waals surface area contributed by atoms with Crippen molar-refractivity contribution < 1.29 is 9.59 Å². The molecule has 7 heteroatoms. The number of halogens is 2. The number of nitrogens with one attached hydrogen (secondary N) is 1. The summed E-state index contributed by atoms with van der Waals surface area (Å²) in [6.07, 6.45) is 2.93. The van der Waals surface area contributed by atoms with Crippen molar-refractivity contribution in [3.05, 3.63) is 69.7 Å². The predicted octanol–water partition coefficient (Wildman–Crippen LogP) is 5.70. The summed E-state index contributed by atoms with van der Waals surface area (Å²) >= 11 is 12.1. The summed E-state index contributed by atoms with van der Waals surface area (Å²) in [5, 5.41) is 3.83. The number of benzene rings is 2. The fraction of sp³-hybridized carbons (Fsp3) is 0.481. The molecule has 0 radical (unpaired) electrons. The van der Waals surface area contributed by atoms with Crippen molar-refractivity contribution in [2.75, 3.05) is 32.7 Å². The van der Waals surface area contributed by atoms with Gasteiger partial charge in [-0.05, 0) is 69.6 Å². The Labute approximate surface area is 214 Å². The van der Waals surface area contributed by atoms with E-state index in [-0.39, 0.29) is 24.3 Å². The van der Waals surface area contributed by atoms with E-state index in [1.165, 1.54) is 0 Å². The summed E-state index contributed by atoms with van der Waals surface area (Å²) < 4.78 is 0. The Hall–Kier alpha value is -2.08. The number of hydrogen-bond acceptors (Lipinski definition) is 3. The molecule has 2 amide bonds. The summed E-state index contributed by atoms with van der Waals surface area (Å²) in [4.78, 5) is 29.9. The summed E-state index contributed by atoms with van der Waals surface area (Å²) in [5.41, 5.74) is 1.60. The van der Waals surface area contributed by atoms with E-state index in [0.717, 1.165) is 38.0 Å². The normalized spacial score (nSPS) is 11.9. The van der Waals surface area contributed by atoms with Crippen LogP contribution in [0.25, 0.3) is 0 Å². The standard InChI is InChI=1S/C27H37Cl2N3O2/c1-4-31(5-2)17-9-10-21(3)30-26(33)16-19-32(18-15-22-11-7-6-8-12-22)27(34)23-13-14-24(28)25(29)20-23/h6-8,11-14,20-21H,4-5,9-10,15-19H2,1-3H3,(H,30,33). The molecule has 0 aliphatic carbocycles.